The zero-order valence-electron chi connectivity index (χ0n) is 20.1. The van der Waals surface area contributed by atoms with Crippen molar-refractivity contribution in [2.75, 3.05) is 6.54 Å². The molecule has 38 heavy (non-hydrogen) atoms. The Balaban J connectivity index is 1.38. The Labute approximate surface area is 212 Å². The fourth-order valence-electron chi connectivity index (χ4n) is 4.86. The number of nitrogens with one attached hydrogen (secondary N) is 2. The van der Waals surface area contributed by atoms with Crippen LogP contribution in [0.5, 0.6) is 0 Å². The lowest BCUT2D eigenvalue weighted by Crippen LogP contribution is -2.40. The first-order valence-electron chi connectivity index (χ1n) is 12.0. The van der Waals surface area contributed by atoms with Crippen molar-refractivity contribution in [2.24, 2.45) is 5.92 Å². The number of rotatable bonds is 6. The van der Waals surface area contributed by atoms with Gasteiger partial charge < -0.3 is 20.1 Å². The zero-order chi connectivity index (χ0) is 27.2. The van der Waals surface area contributed by atoms with Crippen molar-refractivity contribution < 1.29 is 36.1 Å². The molecule has 204 valence electrons. The van der Waals surface area contributed by atoms with Gasteiger partial charge in [0.1, 0.15) is 17.9 Å². The topological polar surface area (TPSA) is 118 Å². The normalized spacial score (nSPS) is 21.1. The number of urea groups is 1. The number of amides is 3. The van der Waals surface area contributed by atoms with Crippen molar-refractivity contribution >= 4 is 17.6 Å². The van der Waals surface area contributed by atoms with E-state index >= 15 is 0 Å². The van der Waals surface area contributed by atoms with Crippen LogP contribution in [0.2, 0.25) is 0 Å². The highest BCUT2D eigenvalue weighted by atomic mass is 19.4. The van der Waals surface area contributed by atoms with Crippen LogP contribution >= 0.6 is 0 Å². The second-order valence-corrected chi connectivity index (χ2v) is 9.71. The maximum Gasteiger partial charge on any atom is 0.410 e. The lowest BCUT2D eigenvalue weighted by Gasteiger charge is -2.33. The van der Waals surface area contributed by atoms with E-state index in [9.17, 15) is 31.5 Å². The smallest absolute Gasteiger partial charge is 0.364 e. The molecule has 1 aliphatic carbocycles. The Bertz CT molecular complexity index is 1340. The Kier molecular flexibility index (Phi) is 6.47. The number of nitrogens with zero attached hydrogens (tertiary/aromatic N) is 5. The molecule has 3 aromatic rings. The van der Waals surface area contributed by atoms with E-state index in [0.29, 0.717) is 22.6 Å². The Morgan fingerprint density at radius 1 is 1.32 bits per heavy atom. The molecule has 1 saturated carbocycles. The molecule has 2 atom stereocenters. The summed E-state index contributed by atoms with van der Waals surface area (Å²) >= 11 is 0. The molecule has 5 rings (SSSR count). The maximum absolute atomic E-state index is 13.8. The SMILES string of the molecule is Cc1nocc1C(=O)NC(c1cn2ncc(CN3C[C@@H](C(F)(F)F)NC3=O)cc2n1)C1CCC(F)(F)CC1. The van der Waals surface area contributed by atoms with Crippen LogP contribution in [0.25, 0.3) is 5.65 Å². The molecule has 1 unspecified atom stereocenters. The minimum atomic E-state index is -4.56. The van der Waals surface area contributed by atoms with Gasteiger partial charge in [-0.15, -0.1) is 0 Å². The van der Waals surface area contributed by atoms with Crippen LogP contribution in [0.15, 0.2) is 29.2 Å². The summed E-state index contributed by atoms with van der Waals surface area (Å²) in [6.07, 6.45) is -0.688. The first-order valence-corrected chi connectivity index (χ1v) is 12.0. The summed E-state index contributed by atoms with van der Waals surface area (Å²) < 4.78 is 72.9. The maximum atomic E-state index is 13.8. The number of imidazole rings is 1. The van der Waals surface area contributed by atoms with Crippen LogP contribution in [-0.4, -0.2) is 61.3 Å². The van der Waals surface area contributed by atoms with Gasteiger partial charge in [-0.1, -0.05) is 5.16 Å². The number of hydrogen-bond donors (Lipinski definition) is 2. The molecule has 2 aliphatic rings. The molecule has 3 amide bonds. The lowest BCUT2D eigenvalue weighted by atomic mass is 9.81. The average Bonchev–Trinajstić information content (AvgIpc) is 3.56. The van der Waals surface area contributed by atoms with Gasteiger partial charge in [0.2, 0.25) is 5.92 Å². The molecular formula is C23H24F5N7O3. The van der Waals surface area contributed by atoms with Gasteiger partial charge in [-0.2, -0.15) is 18.3 Å². The van der Waals surface area contributed by atoms with Crippen LogP contribution in [0.4, 0.5) is 26.7 Å². The minimum Gasteiger partial charge on any atom is -0.364 e. The first kappa shape index (κ1) is 25.9. The van der Waals surface area contributed by atoms with Gasteiger partial charge in [0, 0.05) is 19.4 Å². The molecule has 0 radical (unpaired) electrons. The largest absolute Gasteiger partial charge is 0.410 e. The van der Waals surface area contributed by atoms with E-state index in [4.69, 9.17) is 4.52 Å². The van der Waals surface area contributed by atoms with Crippen LogP contribution < -0.4 is 10.6 Å². The van der Waals surface area contributed by atoms with Gasteiger partial charge in [-0.3, -0.25) is 4.79 Å². The van der Waals surface area contributed by atoms with Crippen molar-refractivity contribution in [3.63, 3.8) is 0 Å². The van der Waals surface area contributed by atoms with E-state index < -0.39 is 42.7 Å². The van der Waals surface area contributed by atoms with Gasteiger partial charge in [-0.05, 0) is 37.3 Å². The van der Waals surface area contributed by atoms with Crippen molar-refractivity contribution in [2.45, 2.75) is 63.3 Å². The van der Waals surface area contributed by atoms with Crippen molar-refractivity contribution in [3.05, 3.63) is 47.2 Å². The molecule has 1 aliphatic heterocycles. The van der Waals surface area contributed by atoms with Gasteiger partial charge >= 0.3 is 12.2 Å². The van der Waals surface area contributed by atoms with E-state index in [1.54, 1.807) is 19.2 Å². The molecule has 2 N–H and O–H groups in total. The number of carbonyl (C=O) groups excluding carboxylic acids is 2. The molecule has 3 aromatic heterocycles. The van der Waals surface area contributed by atoms with E-state index in [2.05, 4.69) is 20.6 Å². The van der Waals surface area contributed by atoms with Crippen LogP contribution in [0.1, 0.15) is 59.0 Å². The highest BCUT2D eigenvalue weighted by Gasteiger charge is 2.46. The van der Waals surface area contributed by atoms with Gasteiger partial charge in [-0.25, -0.2) is 23.1 Å². The third-order valence-electron chi connectivity index (χ3n) is 6.98. The fraction of sp³-hybridized carbons (Fsp3) is 0.522. The number of aromatic nitrogens is 4. The van der Waals surface area contributed by atoms with Crippen molar-refractivity contribution in [3.8, 4) is 0 Å². The predicted octanol–water partition coefficient (Wildman–Crippen LogP) is 3.78. The predicted molar refractivity (Wildman–Crippen MR) is 120 cm³/mol. The molecule has 15 heteroatoms. The number of fused-ring (bicyclic) bond motifs is 1. The van der Waals surface area contributed by atoms with Crippen LogP contribution in [0, 0.1) is 12.8 Å². The first-order chi connectivity index (χ1) is 17.9. The van der Waals surface area contributed by atoms with E-state index in [1.807, 2.05) is 5.32 Å². The number of aryl methyl sites for hydroxylation is 1. The number of hydrogen-bond acceptors (Lipinski definition) is 6. The Morgan fingerprint density at radius 3 is 2.68 bits per heavy atom. The van der Waals surface area contributed by atoms with E-state index in [-0.39, 0.29) is 43.7 Å². The summed E-state index contributed by atoms with van der Waals surface area (Å²) in [6.45, 7) is 0.952. The molecule has 2 fully saturated rings. The Hall–Kier alpha value is -3.78. The third-order valence-corrected chi connectivity index (χ3v) is 6.98. The fourth-order valence-corrected chi connectivity index (χ4v) is 4.86. The monoisotopic (exact) mass is 541 g/mol. The number of carbonyl (C=O) groups is 2. The molecule has 0 bridgehead atoms. The summed E-state index contributed by atoms with van der Waals surface area (Å²) in [5.41, 5.74) is 1.75. The number of alkyl halides is 5. The van der Waals surface area contributed by atoms with Gasteiger partial charge in [0.15, 0.2) is 5.65 Å². The molecular weight excluding hydrogens is 517 g/mol. The van der Waals surface area contributed by atoms with Crippen molar-refractivity contribution in [1.82, 2.24) is 35.3 Å². The standard InChI is InChI=1S/C23H24F5N7O3/c1-12-15(11-38-33-12)20(36)32-19(14-2-4-22(24,25)5-3-14)16-9-35-18(30-16)6-13(7-29-35)8-34-10-17(23(26,27)28)31-21(34)37/h6-7,9,11,14,17,19H,2-5,8,10H2,1H3,(H,31,37)(H,32,36)/t17-,19?/m0/s1. The summed E-state index contributed by atoms with van der Waals surface area (Å²) in [5, 5.41) is 12.7. The molecule has 0 aromatic carbocycles. The average molecular weight is 541 g/mol. The quantitative estimate of drug-likeness (QED) is 0.459. The summed E-state index contributed by atoms with van der Waals surface area (Å²) in [5.74, 6) is -3.58. The van der Waals surface area contributed by atoms with Crippen LogP contribution in [-0.2, 0) is 6.54 Å². The molecule has 4 heterocycles. The minimum absolute atomic E-state index is 0.116. The summed E-state index contributed by atoms with van der Waals surface area (Å²) in [7, 11) is 0. The second-order valence-electron chi connectivity index (χ2n) is 9.71. The zero-order valence-corrected chi connectivity index (χ0v) is 20.1. The second kappa shape index (κ2) is 9.51. The van der Waals surface area contributed by atoms with Crippen LogP contribution in [0.3, 0.4) is 0 Å². The lowest BCUT2D eigenvalue weighted by molar-refractivity contribution is -0.149. The van der Waals surface area contributed by atoms with Crippen molar-refractivity contribution in [1.29, 1.82) is 0 Å². The summed E-state index contributed by atoms with van der Waals surface area (Å²) in [6, 6.07) is -1.93. The number of halogens is 5. The van der Waals surface area contributed by atoms with Gasteiger partial charge in [0.05, 0.1) is 36.4 Å². The van der Waals surface area contributed by atoms with Gasteiger partial charge in [0.25, 0.3) is 5.91 Å². The third kappa shape index (κ3) is 5.27. The molecule has 0 spiro atoms. The van der Waals surface area contributed by atoms with E-state index in [0.717, 1.165) is 4.90 Å². The van der Waals surface area contributed by atoms with E-state index in [1.165, 1.54) is 17.0 Å². The molecule has 10 nitrogen and oxygen atoms in total. The summed E-state index contributed by atoms with van der Waals surface area (Å²) in [4.78, 5) is 30.5. The Morgan fingerprint density at radius 2 is 2.05 bits per heavy atom. The molecule has 1 saturated heterocycles. The highest BCUT2D eigenvalue weighted by molar-refractivity contribution is 5.95. The highest BCUT2D eigenvalue weighted by Crippen LogP contribution is 2.41.